The van der Waals surface area contributed by atoms with Gasteiger partial charge in [0.15, 0.2) is 0 Å². The van der Waals surface area contributed by atoms with E-state index in [0.29, 0.717) is 5.56 Å². The van der Waals surface area contributed by atoms with E-state index in [1.165, 1.54) is 17.1 Å². The highest BCUT2D eigenvalue weighted by Crippen LogP contribution is 2.40. The highest BCUT2D eigenvalue weighted by atomic mass is 35.5. The van der Waals surface area contributed by atoms with E-state index in [2.05, 4.69) is 10.4 Å². The number of alkyl halides is 9. The molecule has 41 heavy (non-hydrogen) atoms. The molecule has 4 rings (SSSR count). The maximum Gasteiger partial charge on any atom is 0.417 e. The van der Waals surface area contributed by atoms with Gasteiger partial charge in [0, 0.05) is 11.3 Å². The number of carbonyl (C=O) groups excluding carboxylic acids is 1. The zero-order chi connectivity index (χ0) is 30.4. The van der Waals surface area contributed by atoms with Crippen LogP contribution in [0.3, 0.4) is 0 Å². The van der Waals surface area contributed by atoms with Crippen LogP contribution in [-0.4, -0.2) is 29.7 Å². The van der Waals surface area contributed by atoms with Crippen LogP contribution >= 0.6 is 11.6 Å². The molecule has 1 amide bonds. The summed E-state index contributed by atoms with van der Waals surface area (Å²) in [5.41, 5.74) is -3.39. The Morgan fingerprint density at radius 3 is 1.88 bits per heavy atom. The quantitative estimate of drug-likeness (QED) is 0.299. The predicted molar refractivity (Wildman–Crippen MR) is 133 cm³/mol. The number of rotatable bonds is 5. The SMILES string of the molecule is CC1(c2ccc(C(F)(F)F)cc2)CN(CC(=O)Nc2ccc(C(F)(F)F)cc2)N=C1c1ccc(C(F)(F)F)c(Cl)c1. The lowest BCUT2D eigenvalue weighted by molar-refractivity contribution is -0.138. The lowest BCUT2D eigenvalue weighted by Gasteiger charge is -2.28. The fourth-order valence-corrected chi connectivity index (χ4v) is 4.74. The fourth-order valence-electron chi connectivity index (χ4n) is 4.45. The summed E-state index contributed by atoms with van der Waals surface area (Å²) in [6.07, 6.45) is -13.9. The average molecular weight is 608 g/mol. The molecule has 0 spiro atoms. The maximum absolute atomic E-state index is 13.3. The standard InChI is InChI=1S/C27H19ClF9N3O/c1-24(16-3-5-17(6-4-16)25(29,30)31)14-40(13-22(41)38-19-9-7-18(8-10-19)26(32,33)34)39-23(24)15-2-11-20(21(28)12-15)27(35,36)37/h2-12H,13-14H2,1H3,(H,38,41). The van der Waals surface area contributed by atoms with E-state index in [0.717, 1.165) is 54.6 Å². The second-order valence-electron chi connectivity index (χ2n) is 9.49. The van der Waals surface area contributed by atoms with E-state index >= 15 is 0 Å². The Balaban J connectivity index is 1.64. The van der Waals surface area contributed by atoms with E-state index in [4.69, 9.17) is 11.6 Å². The van der Waals surface area contributed by atoms with Crippen LogP contribution in [0.2, 0.25) is 5.02 Å². The molecule has 3 aromatic carbocycles. The van der Waals surface area contributed by atoms with Gasteiger partial charge in [-0.25, -0.2) is 0 Å². The largest absolute Gasteiger partial charge is 0.417 e. The van der Waals surface area contributed by atoms with Crippen molar-refractivity contribution < 1.29 is 44.3 Å². The first-order chi connectivity index (χ1) is 18.9. The van der Waals surface area contributed by atoms with Crippen molar-refractivity contribution in [3.05, 3.63) is 99.6 Å². The van der Waals surface area contributed by atoms with Gasteiger partial charge in [0.25, 0.3) is 0 Å². The summed E-state index contributed by atoms with van der Waals surface area (Å²) >= 11 is 5.90. The number of hydrogen-bond acceptors (Lipinski definition) is 3. The predicted octanol–water partition coefficient (Wildman–Crippen LogP) is 8.01. The molecule has 3 aromatic rings. The van der Waals surface area contributed by atoms with Crippen molar-refractivity contribution in [3.8, 4) is 0 Å². The van der Waals surface area contributed by atoms with Gasteiger partial charge >= 0.3 is 18.5 Å². The third-order valence-corrected chi connectivity index (χ3v) is 6.79. The van der Waals surface area contributed by atoms with Gasteiger partial charge in [0.2, 0.25) is 5.91 Å². The van der Waals surface area contributed by atoms with Crippen LogP contribution in [0.25, 0.3) is 0 Å². The second-order valence-corrected chi connectivity index (χ2v) is 9.90. The van der Waals surface area contributed by atoms with E-state index in [-0.39, 0.29) is 23.5 Å². The number of benzene rings is 3. The molecule has 0 aliphatic carbocycles. The first kappa shape index (κ1) is 30.2. The zero-order valence-electron chi connectivity index (χ0n) is 20.8. The summed E-state index contributed by atoms with van der Waals surface area (Å²) in [6, 6.07) is 10.8. The topological polar surface area (TPSA) is 44.7 Å². The molecule has 0 saturated carbocycles. The van der Waals surface area contributed by atoms with Crippen LogP contribution in [0.15, 0.2) is 71.8 Å². The van der Waals surface area contributed by atoms with Gasteiger partial charge in [-0.2, -0.15) is 44.6 Å². The Kier molecular flexibility index (Phi) is 7.80. The van der Waals surface area contributed by atoms with Crippen LogP contribution in [-0.2, 0) is 28.7 Å². The number of anilines is 1. The highest BCUT2D eigenvalue weighted by molar-refractivity contribution is 6.32. The molecule has 218 valence electrons. The molecule has 4 nitrogen and oxygen atoms in total. The number of halogens is 10. The Morgan fingerprint density at radius 2 is 1.39 bits per heavy atom. The van der Waals surface area contributed by atoms with E-state index in [1.54, 1.807) is 6.92 Å². The number of nitrogens with one attached hydrogen (secondary N) is 1. The number of carbonyl (C=O) groups is 1. The molecule has 14 heteroatoms. The first-order valence-electron chi connectivity index (χ1n) is 11.7. The smallest absolute Gasteiger partial charge is 0.324 e. The van der Waals surface area contributed by atoms with Crippen molar-refractivity contribution in [2.45, 2.75) is 30.9 Å². The van der Waals surface area contributed by atoms with Crippen molar-refractivity contribution in [1.29, 1.82) is 0 Å². The minimum Gasteiger partial charge on any atom is -0.324 e. The molecular weight excluding hydrogens is 589 g/mol. The summed E-state index contributed by atoms with van der Waals surface area (Å²) in [4.78, 5) is 12.7. The van der Waals surface area contributed by atoms with Gasteiger partial charge in [-0.1, -0.05) is 29.8 Å². The van der Waals surface area contributed by atoms with Gasteiger partial charge < -0.3 is 5.32 Å². The van der Waals surface area contributed by atoms with Crippen LogP contribution in [0.1, 0.15) is 34.7 Å². The Morgan fingerprint density at radius 1 is 0.854 bits per heavy atom. The lowest BCUT2D eigenvalue weighted by Crippen LogP contribution is -2.38. The summed E-state index contributed by atoms with van der Waals surface area (Å²) in [5, 5.41) is 7.48. The first-order valence-corrected chi connectivity index (χ1v) is 12.1. The number of amides is 1. The van der Waals surface area contributed by atoms with Crippen LogP contribution in [0.4, 0.5) is 45.2 Å². The van der Waals surface area contributed by atoms with Gasteiger partial charge in [-0.15, -0.1) is 0 Å². The molecule has 1 aliphatic heterocycles. The second kappa shape index (κ2) is 10.6. The average Bonchev–Trinajstić information content (AvgIpc) is 3.19. The van der Waals surface area contributed by atoms with Crippen LogP contribution < -0.4 is 5.32 Å². The molecule has 0 aromatic heterocycles. The third-order valence-electron chi connectivity index (χ3n) is 6.48. The molecule has 1 unspecified atom stereocenters. The molecule has 0 saturated heterocycles. The molecule has 0 fully saturated rings. The maximum atomic E-state index is 13.3. The van der Waals surface area contributed by atoms with E-state index in [1.807, 2.05) is 0 Å². The minimum atomic E-state index is -4.73. The van der Waals surface area contributed by atoms with Crippen molar-refractivity contribution in [1.82, 2.24) is 5.01 Å². The van der Waals surface area contributed by atoms with Crippen molar-refractivity contribution in [2.24, 2.45) is 5.10 Å². The number of hydrazone groups is 1. The minimum absolute atomic E-state index is 0.0627. The molecule has 0 bridgehead atoms. The summed E-state index contributed by atoms with van der Waals surface area (Å²) in [6.45, 7) is 1.12. The highest BCUT2D eigenvalue weighted by Gasteiger charge is 2.43. The number of hydrogen-bond donors (Lipinski definition) is 1. The zero-order valence-corrected chi connectivity index (χ0v) is 21.6. The van der Waals surface area contributed by atoms with Crippen molar-refractivity contribution in [3.63, 3.8) is 0 Å². The van der Waals surface area contributed by atoms with E-state index < -0.39 is 58.1 Å². The van der Waals surface area contributed by atoms with Crippen molar-refractivity contribution in [2.75, 3.05) is 18.4 Å². The monoisotopic (exact) mass is 607 g/mol. The van der Waals surface area contributed by atoms with Gasteiger partial charge in [0.05, 0.1) is 39.4 Å². The molecule has 0 radical (unpaired) electrons. The fraction of sp³-hybridized carbons (Fsp3) is 0.259. The molecular formula is C27H19ClF9N3O. The Hall–Kier alpha value is -3.74. The summed E-state index contributed by atoms with van der Waals surface area (Å²) in [7, 11) is 0. The van der Waals surface area contributed by atoms with Gasteiger partial charge in [-0.05, 0) is 61.0 Å². The molecule has 1 heterocycles. The summed E-state index contributed by atoms with van der Waals surface area (Å²) < 4.78 is 118. The molecule has 1 aliphatic rings. The van der Waals surface area contributed by atoms with Crippen molar-refractivity contribution >= 4 is 28.9 Å². The Bertz CT molecular complexity index is 1460. The van der Waals surface area contributed by atoms with Gasteiger partial charge in [-0.3, -0.25) is 9.80 Å². The molecule has 1 N–H and O–H groups in total. The van der Waals surface area contributed by atoms with E-state index in [9.17, 15) is 44.3 Å². The summed E-state index contributed by atoms with van der Waals surface area (Å²) in [5.74, 6) is -0.671. The van der Waals surface area contributed by atoms with Crippen LogP contribution in [0, 0.1) is 0 Å². The number of nitrogens with zero attached hydrogens (tertiary/aromatic N) is 2. The van der Waals surface area contributed by atoms with Gasteiger partial charge in [0.1, 0.15) is 6.54 Å². The normalized spacial score (nSPS) is 17.9. The third kappa shape index (κ3) is 6.61. The van der Waals surface area contributed by atoms with Crippen LogP contribution in [0.5, 0.6) is 0 Å². The molecule has 1 atom stereocenters. The Labute approximate surface area is 232 Å². The lowest BCUT2D eigenvalue weighted by atomic mass is 9.76.